The molecular formula is C19H20Cl2F3N3. The Hall–Kier alpha value is -1.50. The van der Waals surface area contributed by atoms with Crippen LogP contribution >= 0.6 is 23.2 Å². The lowest BCUT2D eigenvalue weighted by molar-refractivity contribution is -0.137. The summed E-state index contributed by atoms with van der Waals surface area (Å²) in [5.74, 6) is 1.08. The Bertz CT molecular complexity index is 781. The highest BCUT2D eigenvalue weighted by Crippen LogP contribution is 2.34. The predicted molar refractivity (Wildman–Crippen MR) is 103 cm³/mol. The number of rotatable bonds is 5. The van der Waals surface area contributed by atoms with E-state index in [4.69, 9.17) is 23.2 Å². The highest BCUT2D eigenvalue weighted by molar-refractivity contribution is 6.42. The van der Waals surface area contributed by atoms with Crippen LogP contribution in [0.4, 0.5) is 19.0 Å². The van der Waals surface area contributed by atoms with Crippen molar-refractivity contribution in [1.29, 1.82) is 0 Å². The van der Waals surface area contributed by atoms with E-state index in [-0.39, 0.29) is 11.8 Å². The van der Waals surface area contributed by atoms with E-state index in [0.717, 1.165) is 30.9 Å². The molecule has 0 aliphatic carbocycles. The molecule has 3 nitrogen and oxygen atoms in total. The maximum absolute atomic E-state index is 12.7. The summed E-state index contributed by atoms with van der Waals surface area (Å²) in [7, 11) is 0. The fourth-order valence-electron chi connectivity index (χ4n) is 3.47. The molecule has 0 bridgehead atoms. The lowest BCUT2D eigenvalue weighted by Crippen LogP contribution is -2.33. The minimum atomic E-state index is -4.38. The summed E-state index contributed by atoms with van der Waals surface area (Å²) < 4.78 is 38.2. The summed E-state index contributed by atoms with van der Waals surface area (Å²) >= 11 is 12.2. The molecule has 2 atom stereocenters. The van der Waals surface area contributed by atoms with Gasteiger partial charge in [-0.15, -0.1) is 0 Å². The molecule has 0 radical (unpaired) electrons. The normalized spacial score (nSPS) is 20.1. The van der Waals surface area contributed by atoms with Crippen molar-refractivity contribution in [3.8, 4) is 0 Å². The summed E-state index contributed by atoms with van der Waals surface area (Å²) in [4.78, 5) is 6.03. The van der Waals surface area contributed by atoms with Gasteiger partial charge in [0.05, 0.1) is 15.6 Å². The van der Waals surface area contributed by atoms with Crippen molar-refractivity contribution >= 4 is 29.0 Å². The first kappa shape index (κ1) is 20.2. The van der Waals surface area contributed by atoms with E-state index in [9.17, 15) is 13.2 Å². The summed E-state index contributed by atoms with van der Waals surface area (Å²) in [6.45, 7) is 4.95. The van der Waals surface area contributed by atoms with Crippen molar-refractivity contribution in [3.63, 3.8) is 0 Å². The van der Waals surface area contributed by atoms with Gasteiger partial charge >= 0.3 is 6.18 Å². The Morgan fingerprint density at radius 3 is 2.52 bits per heavy atom. The Morgan fingerprint density at radius 1 is 1.15 bits per heavy atom. The number of alkyl halides is 3. The third-order valence-corrected chi connectivity index (χ3v) is 5.69. The van der Waals surface area contributed by atoms with Crippen LogP contribution in [0.3, 0.4) is 0 Å². The average Bonchev–Trinajstić information content (AvgIpc) is 3.09. The lowest BCUT2D eigenvalue weighted by Gasteiger charge is -2.28. The Balaban J connectivity index is 1.76. The van der Waals surface area contributed by atoms with Crippen LogP contribution in [0.1, 0.15) is 24.0 Å². The van der Waals surface area contributed by atoms with Crippen LogP contribution < -0.4 is 10.2 Å². The lowest BCUT2D eigenvalue weighted by atomic mass is 9.88. The molecule has 27 heavy (non-hydrogen) atoms. The molecule has 1 aromatic carbocycles. The topological polar surface area (TPSA) is 28.2 Å². The fourth-order valence-corrected chi connectivity index (χ4v) is 3.77. The van der Waals surface area contributed by atoms with Crippen LogP contribution in [0.15, 0.2) is 36.5 Å². The molecule has 2 aromatic rings. The number of anilines is 1. The second kappa shape index (κ2) is 8.25. The van der Waals surface area contributed by atoms with Crippen molar-refractivity contribution < 1.29 is 13.2 Å². The molecule has 0 unspecified atom stereocenters. The van der Waals surface area contributed by atoms with Gasteiger partial charge in [0.2, 0.25) is 0 Å². The molecule has 146 valence electrons. The van der Waals surface area contributed by atoms with Crippen LogP contribution in [-0.2, 0) is 6.18 Å². The zero-order valence-corrected chi connectivity index (χ0v) is 16.2. The van der Waals surface area contributed by atoms with Gasteiger partial charge in [0, 0.05) is 38.3 Å². The number of nitrogens with one attached hydrogen (secondary N) is 1. The Kier molecular flexibility index (Phi) is 6.18. The van der Waals surface area contributed by atoms with Gasteiger partial charge in [-0.2, -0.15) is 13.2 Å². The molecule has 1 N–H and O–H groups in total. The molecule has 1 aliphatic rings. The predicted octanol–water partition coefficient (Wildman–Crippen LogP) is 5.24. The summed E-state index contributed by atoms with van der Waals surface area (Å²) in [6.07, 6.45) is -3.49. The molecule has 8 heteroatoms. The summed E-state index contributed by atoms with van der Waals surface area (Å²) in [6, 6.07) is 8.17. The average molecular weight is 418 g/mol. The maximum atomic E-state index is 12.7. The largest absolute Gasteiger partial charge is 0.417 e. The zero-order valence-electron chi connectivity index (χ0n) is 14.7. The molecule has 1 aliphatic heterocycles. The summed E-state index contributed by atoms with van der Waals surface area (Å²) in [5.41, 5.74) is 0.370. The smallest absolute Gasteiger partial charge is 0.357 e. The molecule has 1 fully saturated rings. The first-order valence-corrected chi connectivity index (χ1v) is 9.49. The van der Waals surface area contributed by atoms with Gasteiger partial charge in [0.25, 0.3) is 0 Å². The number of benzene rings is 1. The van der Waals surface area contributed by atoms with Gasteiger partial charge in [-0.3, -0.25) is 0 Å². The van der Waals surface area contributed by atoms with Crippen molar-refractivity contribution in [2.24, 2.45) is 5.92 Å². The van der Waals surface area contributed by atoms with E-state index in [0.29, 0.717) is 29.0 Å². The molecule has 1 saturated heterocycles. The number of halogens is 5. The van der Waals surface area contributed by atoms with Gasteiger partial charge in [-0.05, 0) is 42.7 Å². The van der Waals surface area contributed by atoms with E-state index < -0.39 is 11.7 Å². The molecule has 3 rings (SSSR count). The van der Waals surface area contributed by atoms with Gasteiger partial charge in [0.1, 0.15) is 5.82 Å². The monoisotopic (exact) mass is 417 g/mol. The van der Waals surface area contributed by atoms with E-state index in [2.05, 4.69) is 10.3 Å². The van der Waals surface area contributed by atoms with E-state index in [1.807, 2.05) is 24.0 Å². The van der Waals surface area contributed by atoms with E-state index >= 15 is 0 Å². The van der Waals surface area contributed by atoms with Crippen molar-refractivity contribution in [3.05, 3.63) is 57.7 Å². The van der Waals surface area contributed by atoms with Crippen LogP contribution in [-0.4, -0.2) is 31.2 Å². The first-order valence-electron chi connectivity index (χ1n) is 8.73. The highest BCUT2D eigenvalue weighted by atomic mass is 35.5. The van der Waals surface area contributed by atoms with Gasteiger partial charge in [-0.25, -0.2) is 4.98 Å². The minimum Gasteiger partial charge on any atom is -0.357 e. The van der Waals surface area contributed by atoms with Crippen molar-refractivity contribution in [2.45, 2.75) is 19.0 Å². The highest BCUT2D eigenvalue weighted by Gasteiger charge is 2.32. The Labute approximate surface area is 166 Å². The van der Waals surface area contributed by atoms with Crippen LogP contribution in [0, 0.1) is 5.92 Å². The quantitative estimate of drug-likeness (QED) is 0.720. The number of nitrogens with zero attached hydrogens (tertiary/aromatic N) is 2. The Morgan fingerprint density at radius 2 is 1.93 bits per heavy atom. The molecule has 2 heterocycles. The van der Waals surface area contributed by atoms with Crippen molar-refractivity contribution in [1.82, 2.24) is 10.3 Å². The van der Waals surface area contributed by atoms with Crippen LogP contribution in [0.5, 0.6) is 0 Å². The third kappa shape index (κ3) is 4.68. The minimum absolute atomic E-state index is 0.253. The molecule has 1 aromatic heterocycles. The van der Waals surface area contributed by atoms with Gasteiger partial charge < -0.3 is 10.2 Å². The third-order valence-electron chi connectivity index (χ3n) is 4.95. The molecule has 0 saturated carbocycles. The molecular weight excluding hydrogens is 398 g/mol. The molecule has 0 spiro atoms. The van der Waals surface area contributed by atoms with Crippen LogP contribution in [0.25, 0.3) is 0 Å². The fraction of sp³-hybridized carbons (Fsp3) is 0.421. The van der Waals surface area contributed by atoms with E-state index in [1.165, 1.54) is 6.07 Å². The number of hydrogen-bond donors (Lipinski definition) is 1. The number of aromatic nitrogens is 1. The van der Waals surface area contributed by atoms with Crippen molar-refractivity contribution in [2.75, 3.05) is 31.1 Å². The second-order valence-corrected chi connectivity index (χ2v) is 7.45. The summed E-state index contributed by atoms with van der Waals surface area (Å²) in [5, 5.41) is 4.44. The second-order valence-electron chi connectivity index (χ2n) is 6.64. The number of hydrogen-bond acceptors (Lipinski definition) is 3. The molecule has 0 amide bonds. The maximum Gasteiger partial charge on any atom is 0.417 e. The SMILES string of the molecule is CCN(C[C@H]1CNC[C@@H]1c1ccc(Cl)c(Cl)c1)c1ccc(C(F)(F)F)cn1. The van der Waals surface area contributed by atoms with Crippen LogP contribution in [0.2, 0.25) is 10.0 Å². The van der Waals surface area contributed by atoms with E-state index in [1.54, 1.807) is 6.07 Å². The van der Waals surface area contributed by atoms with Gasteiger partial charge in [-0.1, -0.05) is 29.3 Å². The zero-order chi connectivity index (χ0) is 19.6. The first-order chi connectivity index (χ1) is 12.8. The number of pyridine rings is 1. The standard InChI is InChI=1S/C19H20Cl2F3N3/c1-2-27(18-6-4-14(9-26-18)19(22,23)24)11-13-8-25-10-15(13)12-3-5-16(20)17(21)7-12/h3-7,9,13,15,25H,2,8,10-11H2,1H3/t13-,15-/m1/s1. The van der Waals surface area contributed by atoms with Gasteiger partial charge in [0.15, 0.2) is 0 Å².